The van der Waals surface area contributed by atoms with Crippen LogP contribution in [0.2, 0.25) is 0 Å². The van der Waals surface area contributed by atoms with Crippen molar-refractivity contribution in [3.8, 4) is 5.69 Å². The van der Waals surface area contributed by atoms with E-state index in [4.69, 9.17) is 0 Å². The first-order valence-electron chi connectivity index (χ1n) is 6.85. The third-order valence-electron chi connectivity index (χ3n) is 3.00. The summed E-state index contributed by atoms with van der Waals surface area (Å²) in [6, 6.07) is 7.17. The molecular formula is C14H14N6OS. The van der Waals surface area contributed by atoms with Gasteiger partial charge in [0.25, 0.3) is 5.91 Å². The highest BCUT2D eigenvalue weighted by Gasteiger charge is 2.10. The first kappa shape index (κ1) is 14.3. The summed E-state index contributed by atoms with van der Waals surface area (Å²) in [6.07, 6.45) is 5.09. The first-order chi connectivity index (χ1) is 10.8. The van der Waals surface area contributed by atoms with E-state index in [0.717, 1.165) is 23.5 Å². The lowest BCUT2D eigenvalue weighted by Gasteiger charge is -2.04. The Bertz CT molecular complexity index is 750. The second kappa shape index (κ2) is 6.44. The maximum absolute atomic E-state index is 12.2. The Morgan fingerprint density at radius 2 is 1.91 bits per heavy atom. The second-order valence-corrected chi connectivity index (χ2v) is 5.68. The fourth-order valence-electron chi connectivity index (χ4n) is 1.91. The predicted octanol–water partition coefficient (Wildman–Crippen LogP) is 2.32. The number of hydrogen-bond donors (Lipinski definition) is 1. The lowest BCUT2D eigenvalue weighted by molar-refractivity contribution is 0.102. The normalized spacial score (nSPS) is 10.6. The van der Waals surface area contributed by atoms with Crippen molar-refractivity contribution in [2.75, 3.05) is 5.32 Å². The molecule has 0 saturated heterocycles. The smallest absolute Gasteiger partial charge is 0.257 e. The Morgan fingerprint density at radius 1 is 1.18 bits per heavy atom. The molecule has 0 unspecified atom stereocenters. The van der Waals surface area contributed by atoms with Gasteiger partial charge < -0.3 is 0 Å². The van der Waals surface area contributed by atoms with Gasteiger partial charge in [-0.15, -0.1) is 20.4 Å². The van der Waals surface area contributed by atoms with Gasteiger partial charge in [0.2, 0.25) is 5.13 Å². The number of aryl methyl sites for hydroxylation is 1. The number of nitrogens with zero attached hydrogens (tertiary/aromatic N) is 5. The van der Waals surface area contributed by atoms with E-state index in [0.29, 0.717) is 10.7 Å². The molecule has 8 heteroatoms. The van der Waals surface area contributed by atoms with Crippen molar-refractivity contribution in [2.24, 2.45) is 0 Å². The summed E-state index contributed by atoms with van der Waals surface area (Å²) in [5, 5.41) is 19.7. The molecule has 112 valence electrons. The molecule has 0 fully saturated rings. The van der Waals surface area contributed by atoms with E-state index < -0.39 is 0 Å². The fourth-order valence-corrected chi connectivity index (χ4v) is 2.74. The largest absolute Gasteiger partial charge is 0.296 e. The topological polar surface area (TPSA) is 85.6 Å². The number of benzene rings is 1. The number of carbonyl (C=O) groups excluding carboxylic acids is 1. The van der Waals surface area contributed by atoms with Crippen LogP contribution in [0.15, 0.2) is 36.9 Å². The van der Waals surface area contributed by atoms with E-state index in [-0.39, 0.29) is 5.91 Å². The average molecular weight is 314 g/mol. The predicted molar refractivity (Wildman–Crippen MR) is 83.2 cm³/mol. The molecule has 0 aliphatic heterocycles. The van der Waals surface area contributed by atoms with Crippen LogP contribution in [0.5, 0.6) is 0 Å². The molecule has 3 aromatic rings. The molecular weight excluding hydrogens is 300 g/mol. The van der Waals surface area contributed by atoms with Gasteiger partial charge in [0.1, 0.15) is 17.7 Å². The Balaban J connectivity index is 1.69. The van der Waals surface area contributed by atoms with E-state index in [2.05, 4.69) is 32.6 Å². The standard InChI is InChI=1S/C14H14N6OS/c1-2-3-12-18-19-14(22-12)17-13(21)10-4-6-11(7-5-10)20-8-15-16-9-20/h4-9H,2-3H2,1H3,(H,17,19,21). The van der Waals surface area contributed by atoms with Crippen molar-refractivity contribution in [3.05, 3.63) is 47.5 Å². The quantitative estimate of drug-likeness (QED) is 0.781. The SMILES string of the molecule is CCCc1nnc(NC(=O)c2ccc(-n3cnnc3)cc2)s1. The minimum atomic E-state index is -0.200. The van der Waals surface area contributed by atoms with Crippen molar-refractivity contribution in [2.45, 2.75) is 19.8 Å². The third kappa shape index (κ3) is 3.17. The summed E-state index contributed by atoms with van der Waals surface area (Å²) < 4.78 is 1.77. The van der Waals surface area contributed by atoms with Crippen molar-refractivity contribution in [3.63, 3.8) is 0 Å². The van der Waals surface area contributed by atoms with E-state index in [1.54, 1.807) is 29.4 Å². The number of anilines is 1. The molecule has 0 aliphatic carbocycles. The van der Waals surface area contributed by atoms with E-state index in [1.807, 2.05) is 12.1 Å². The van der Waals surface area contributed by atoms with Crippen LogP contribution in [0.4, 0.5) is 5.13 Å². The van der Waals surface area contributed by atoms with Gasteiger partial charge in [0.05, 0.1) is 0 Å². The van der Waals surface area contributed by atoms with Crippen molar-refractivity contribution >= 4 is 22.4 Å². The molecule has 0 radical (unpaired) electrons. The maximum atomic E-state index is 12.2. The van der Waals surface area contributed by atoms with Gasteiger partial charge in [-0.3, -0.25) is 14.7 Å². The van der Waals surface area contributed by atoms with Crippen molar-refractivity contribution in [1.29, 1.82) is 0 Å². The molecule has 3 rings (SSSR count). The molecule has 2 heterocycles. The third-order valence-corrected chi connectivity index (χ3v) is 3.90. The lowest BCUT2D eigenvalue weighted by Crippen LogP contribution is -2.11. The highest BCUT2D eigenvalue weighted by molar-refractivity contribution is 7.15. The Hall–Kier alpha value is -2.61. The lowest BCUT2D eigenvalue weighted by atomic mass is 10.2. The number of rotatable bonds is 5. The van der Waals surface area contributed by atoms with Crippen LogP contribution in [0.25, 0.3) is 5.69 Å². The Morgan fingerprint density at radius 3 is 2.59 bits per heavy atom. The zero-order valence-electron chi connectivity index (χ0n) is 11.9. The number of amides is 1. The van der Waals surface area contributed by atoms with Crippen LogP contribution in [0, 0.1) is 0 Å². The Labute approximate surface area is 131 Å². The minimum absolute atomic E-state index is 0.200. The molecule has 0 atom stereocenters. The van der Waals surface area contributed by atoms with Gasteiger partial charge in [-0.05, 0) is 30.7 Å². The highest BCUT2D eigenvalue weighted by Crippen LogP contribution is 2.18. The zero-order valence-corrected chi connectivity index (χ0v) is 12.7. The van der Waals surface area contributed by atoms with Crippen molar-refractivity contribution in [1.82, 2.24) is 25.0 Å². The zero-order chi connectivity index (χ0) is 15.4. The molecule has 0 aliphatic rings. The molecule has 0 bridgehead atoms. The van der Waals surface area contributed by atoms with Crippen LogP contribution in [0.1, 0.15) is 28.7 Å². The van der Waals surface area contributed by atoms with E-state index >= 15 is 0 Å². The maximum Gasteiger partial charge on any atom is 0.257 e. The van der Waals surface area contributed by atoms with Gasteiger partial charge in [-0.1, -0.05) is 18.3 Å². The van der Waals surface area contributed by atoms with Gasteiger partial charge in [-0.25, -0.2) is 0 Å². The van der Waals surface area contributed by atoms with Gasteiger partial charge in [-0.2, -0.15) is 0 Å². The van der Waals surface area contributed by atoms with Crippen LogP contribution in [-0.2, 0) is 6.42 Å². The molecule has 1 aromatic carbocycles. The van der Waals surface area contributed by atoms with Crippen LogP contribution in [-0.4, -0.2) is 30.9 Å². The molecule has 7 nitrogen and oxygen atoms in total. The summed E-state index contributed by atoms with van der Waals surface area (Å²) in [5.41, 5.74) is 1.45. The van der Waals surface area contributed by atoms with Gasteiger partial charge >= 0.3 is 0 Å². The van der Waals surface area contributed by atoms with Gasteiger partial charge in [0, 0.05) is 17.7 Å². The molecule has 1 N–H and O–H groups in total. The minimum Gasteiger partial charge on any atom is -0.296 e. The molecule has 1 amide bonds. The second-order valence-electron chi connectivity index (χ2n) is 4.62. The summed E-state index contributed by atoms with van der Waals surface area (Å²) >= 11 is 1.41. The fraction of sp³-hybridized carbons (Fsp3) is 0.214. The summed E-state index contributed by atoms with van der Waals surface area (Å²) in [7, 11) is 0. The van der Waals surface area contributed by atoms with Crippen molar-refractivity contribution < 1.29 is 4.79 Å². The van der Waals surface area contributed by atoms with E-state index in [9.17, 15) is 4.79 Å². The Kier molecular flexibility index (Phi) is 4.19. The first-order valence-corrected chi connectivity index (χ1v) is 7.66. The number of nitrogens with one attached hydrogen (secondary N) is 1. The van der Waals surface area contributed by atoms with Crippen LogP contribution < -0.4 is 5.32 Å². The average Bonchev–Trinajstić information content (AvgIpc) is 3.20. The van der Waals surface area contributed by atoms with Crippen LogP contribution in [0.3, 0.4) is 0 Å². The molecule has 0 spiro atoms. The van der Waals surface area contributed by atoms with E-state index in [1.165, 1.54) is 11.3 Å². The summed E-state index contributed by atoms with van der Waals surface area (Å²) in [4.78, 5) is 12.2. The number of hydrogen-bond acceptors (Lipinski definition) is 6. The number of carbonyl (C=O) groups is 1. The van der Waals surface area contributed by atoms with Crippen LogP contribution >= 0.6 is 11.3 Å². The number of aromatic nitrogens is 5. The summed E-state index contributed by atoms with van der Waals surface area (Å²) in [5.74, 6) is -0.200. The molecule has 0 saturated carbocycles. The highest BCUT2D eigenvalue weighted by atomic mass is 32.1. The molecule has 2 aromatic heterocycles. The summed E-state index contributed by atoms with van der Waals surface area (Å²) in [6.45, 7) is 2.08. The van der Waals surface area contributed by atoms with Gasteiger partial charge in [0.15, 0.2) is 0 Å². The monoisotopic (exact) mass is 314 g/mol. The molecule has 22 heavy (non-hydrogen) atoms.